The summed E-state index contributed by atoms with van der Waals surface area (Å²) in [6.07, 6.45) is 1.97. The van der Waals surface area contributed by atoms with E-state index in [0.29, 0.717) is 17.0 Å². The molecule has 3 amide bonds. The Balaban J connectivity index is 1.88. The van der Waals surface area contributed by atoms with Gasteiger partial charge in [-0.15, -0.1) is 11.8 Å². The van der Waals surface area contributed by atoms with E-state index < -0.39 is 16.9 Å². The summed E-state index contributed by atoms with van der Waals surface area (Å²) in [4.78, 5) is 36.2. The minimum atomic E-state index is -0.609. The molecule has 144 valence electrons. The number of thioether (sulfide) groups is 1. The molecule has 1 atom stereocenters. The number of non-ortho nitro benzene ring substituents is 1. The van der Waals surface area contributed by atoms with E-state index in [1.165, 1.54) is 24.3 Å². The Hall–Kier alpha value is -3.33. The van der Waals surface area contributed by atoms with E-state index >= 15 is 0 Å². The second-order valence-electron chi connectivity index (χ2n) is 6.10. The Kier molecular flexibility index (Phi) is 5.65. The lowest BCUT2D eigenvalue weighted by molar-refractivity contribution is -0.384. The van der Waals surface area contributed by atoms with Gasteiger partial charge in [0.2, 0.25) is 0 Å². The Morgan fingerprint density at radius 1 is 1.14 bits per heavy atom. The maximum Gasteiger partial charge on any atom is 0.319 e. The number of hydrogen-bond acceptors (Lipinski definition) is 5. The van der Waals surface area contributed by atoms with E-state index in [-0.39, 0.29) is 11.7 Å². The standard InChI is InChI=1S/C19H18N4O4S/c1-11-16(18(24)21-13-5-7-14(8-6-13)23(26)27)17(22-19(25)20-11)12-3-9-15(28-2)10-4-12/h3-10,17H,1-2H3,(H,21,24)(H2,20,22,25). The number of hydrogen-bond donors (Lipinski definition) is 3. The molecular weight excluding hydrogens is 380 g/mol. The van der Waals surface area contributed by atoms with Gasteiger partial charge in [-0.3, -0.25) is 14.9 Å². The molecule has 0 saturated carbocycles. The number of anilines is 1. The summed E-state index contributed by atoms with van der Waals surface area (Å²) >= 11 is 1.60. The number of rotatable bonds is 5. The van der Waals surface area contributed by atoms with Crippen LogP contribution in [0.2, 0.25) is 0 Å². The predicted molar refractivity (Wildman–Crippen MR) is 107 cm³/mol. The molecule has 2 aromatic carbocycles. The lowest BCUT2D eigenvalue weighted by Crippen LogP contribution is -2.45. The minimum absolute atomic E-state index is 0.0632. The van der Waals surface area contributed by atoms with Crippen molar-refractivity contribution in [3.63, 3.8) is 0 Å². The molecule has 9 heteroatoms. The first kappa shape index (κ1) is 19.4. The molecule has 1 aliphatic heterocycles. The van der Waals surface area contributed by atoms with Crippen LogP contribution in [0, 0.1) is 10.1 Å². The van der Waals surface area contributed by atoms with Gasteiger partial charge in [0, 0.05) is 28.4 Å². The van der Waals surface area contributed by atoms with E-state index in [1.807, 2.05) is 30.5 Å². The summed E-state index contributed by atoms with van der Waals surface area (Å²) < 4.78 is 0. The fourth-order valence-corrected chi connectivity index (χ4v) is 3.31. The first-order valence-corrected chi connectivity index (χ1v) is 9.59. The Labute approximate surface area is 165 Å². The monoisotopic (exact) mass is 398 g/mol. The Morgan fingerprint density at radius 2 is 1.79 bits per heavy atom. The van der Waals surface area contributed by atoms with Gasteiger partial charge in [-0.2, -0.15) is 0 Å². The topological polar surface area (TPSA) is 113 Å². The van der Waals surface area contributed by atoms with Gasteiger partial charge in [0.1, 0.15) is 0 Å². The summed E-state index contributed by atoms with van der Waals surface area (Å²) in [7, 11) is 0. The molecule has 0 spiro atoms. The van der Waals surface area contributed by atoms with E-state index in [2.05, 4.69) is 16.0 Å². The molecule has 2 aromatic rings. The summed E-state index contributed by atoms with van der Waals surface area (Å²) in [5.74, 6) is -0.405. The van der Waals surface area contributed by atoms with Crippen LogP contribution in [-0.2, 0) is 4.79 Å². The number of carbonyl (C=O) groups excluding carboxylic acids is 2. The van der Waals surface area contributed by atoms with Gasteiger partial charge in [-0.1, -0.05) is 12.1 Å². The largest absolute Gasteiger partial charge is 0.327 e. The summed E-state index contributed by atoms with van der Waals surface area (Å²) in [5.41, 5.74) is 1.95. The first-order valence-electron chi connectivity index (χ1n) is 8.37. The number of nitro benzene ring substituents is 1. The lowest BCUT2D eigenvalue weighted by Gasteiger charge is -2.28. The third-order valence-corrected chi connectivity index (χ3v) is 5.04. The number of benzene rings is 2. The van der Waals surface area contributed by atoms with Crippen LogP contribution in [0.4, 0.5) is 16.2 Å². The Morgan fingerprint density at radius 3 is 2.36 bits per heavy atom. The smallest absolute Gasteiger partial charge is 0.319 e. The maximum atomic E-state index is 12.9. The maximum absolute atomic E-state index is 12.9. The van der Waals surface area contributed by atoms with Crippen LogP contribution in [-0.4, -0.2) is 23.1 Å². The third kappa shape index (κ3) is 4.15. The van der Waals surface area contributed by atoms with Crippen molar-refractivity contribution in [1.29, 1.82) is 0 Å². The second kappa shape index (κ2) is 8.13. The second-order valence-corrected chi connectivity index (χ2v) is 6.98. The van der Waals surface area contributed by atoms with Crippen molar-refractivity contribution in [2.45, 2.75) is 17.9 Å². The van der Waals surface area contributed by atoms with Crippen LogP contribution in [0.1, 0.15) is 18.5 Å². The summed E-state index contributed by atoms with van der Waals surface area (Å²) in [6.45, 7) is 1.66. The number of allylic oxidation sites excluding steroid dienone is 1. The zero-order valence-electron chi connectivity index (χ0n) is 15.2. The number of carbonyl (C=O) groups is 2. The van der Waals surface area contributed by atoms with Crippen LogP contribution < -0.4 is 16.0 Å². The quantitative estimate of drug-likeness (QED) is 0.405. The van der Waals surface area contributed by atoms with Gasteiger partial charge in [0.15, 0.2) is 0 Å². The summed E-state index contributed by atoms with van der Waals surface area (Å²) in [6, 6.07) is 12.2. The van der Waals surface area contributed by atoms with Gasteiger partial charge in [0.05, 0.1) is 16.5 Å². The molecule has 3 N–H and O–H groups in total. The van der Waals surface area contributed by atoms with Crippen molar-refractivity contribution in [2.75, 3.05) is 11.6 Å². The SMILES string of the molecule is CSc1ccc(C2NC(=O)NC(C)=C2C(=O)Nc2ccc([N+](=O)[O-])cc2)cc1. The molecule has 28 heavy (non-hydrogen) atoms. The molecule has 0 aliphatic carbocycles. The van der Waals surface area contributed by atoms with E-state index in [0.717, 1.165) is 10.5 Å². The molecule has 0 bridgehead atoms. The number of urea groups is 1. The molecule has 1 heterocycles. The third-order valence-electron chi connectivity index (χ3n) is 4.30. The van der Waals surface area contributed by atoms with E-state index in [4.69, 9.17) is 0 Å². The predicted octanol–water partition coefficient (Wildman–Crippen LogP) is 3.58. The number of amides is 3. The van der Waals surface area contributed by atoms with Crippen molar-refractivity contribution in [3.8, 4) is 0 Å². The zero-order valence-corrected chi connectivity index (χ0v) is 16.0. The highest BCUT2D eigenvalue weighted by Gasteiger charge is 2.31. The fourth-order valence-electron chi connectivity index (χ4n) is 2.91. The molecule has 1 aliphatic rings. The zero-order chi connectivity index (χ0) is 20.3. The average molecular weight is 398 g/mol. The molecule has 0 aromatic heterocycles. The molecule has 0 radical (unpaired) electrons. The average Bonchev–Trinajstić information content (AvgIpc) is 2.67. The normalized spacial score (nSPS) is 16.2. The highest BCUT2D eigenvalue weighted by Crippen LogP contribution is 2.29. The van der Waals surface area contributed by atoms with Crippen molar-refractivity contribution < 1.29 is 14.5 Å². The van der Waals surface area contributed by atoms with Gasteiger partial charge >= 0.3 is 6.03 Å². The molecule has 8 nitrogen and oxygen atoms in total. The highest BCUT2D eigenvalue weighted by atomic mass is 32.2. The van der Waals surface area contributed by atoms with Gasteiger partial charge < -0.3 is 16.0 Å². The molecule has 0 saturated heterocycles. The molecule has 3 rings (SSSR count). The lowest BCUT2D eigenvalue weighted by atomic mass is 9.95. The van der Waals surface area contributed by atoms with Crippen LogP contribution in [0.3, 0.4) is 0 Å². The molecule has 1 unspecified atom stereocenters. The summed E-state index contributed by atoms with van der Waals surface area (Å²) in [5, 5.41) is 18.9. The number of nitrogens with one attached hydrogen (secondary N) is 3. The van der Waals surface area contributed by atoms with Crippen LogP contribution in [0.15, 0.2) is 64.7 Å². The van der Waals surface area contributed by atoms with Crippen molar-refractivity contribution in [2.24, 2.45) is 0 Å². The van der Waals surface area contributed by atoms with Crippen molar-refractivity contribution in [1.82, 2.24) is 10.6 Å². The molecule has 0 fully saturated rings. The van der Waals surface area contributed by atoms with Gasteiger partial charge in [-0.05, 0) is 43.0 Å². The van der Waals surface area contributed by atoms with Gasteiger partial charge in [-0.25, -0.2) is 4.79 Å². The fraction of sp³-hybridized carbons (Fsp3) is 0.158. The van der Waals surface area contributed by atoms with Crippen LogP contribution >= 0.6 is 11.8 Å². The highest BCUT2D eigenvalue weighted by molar-refractivity contribution is 7.98. The minimum Gasteiger partial charge on any atom is -0.327 e. The van der Waals surface area contributed by atoms with E-state index in [9.17, 15) is 19.7 Å². The van der Waals surface area contributed by atoms with E-state index in [1.54, 1.807) is 18.7 Å². The number of nitrogens with zero attached hydrogens (tertiary/aromatic N) is 1. The molecular formula is C19H18N4O4S. The van der Waals surface area contributed by atoms with Crippen LogP contribution in [0.5, 0.6) is 0 Å². The van der Waals surface area contributed by atoms with Crippen molar-refractivity contribution >= 4 is 35.1 Å². The van der Waals surface area contributed by atoms with Gasteiger partial charge in [0.25, 0.3) is 11.6 Å². The Bertz CT molecular complexity index is 955. The number of nitro groups is 1. The van der Waals surface area contributed by atoms with Crippen molar-refractivity contribution in [3.05, 3.63) is 75.5 Å². The van der Waals surface area contributed by atoms with Crippen LogP contribution in [0.25, 0.3) is 0 Å². The first-order chi connectivity index (χ1) is 13.4.